The zero-order chi connectivity index (χ0) is 15.7. The van der Waals surface area contributed by atoms with Gasteiger partial charge in [-0.2, -0.15) is 0 Å². The Balaban J connectivity index is 1.81. The lowest BCUT2D eigenvalue weighted by Crippen LogP contribution is -2.40. The van der Waals surface area contributed by atoms with Crippen LogP contribution in [0.25, 0.3) is 0 Å². The van der Waals surface area contributed by atoms with Crippen molar-refractivity contribution in [3.8, 4) is 0 Å². The lowest BCUT2D eigenvalue weighted by Gasteiger charge is -2.28. The fourth-order valence-corrected chi connectivity index (χ4v) is 3.43. The van der Waals surface area contributed by atoms with Gasteiger partial charge in [-0.05, 0) is 38.9 Å². The summed E-state index contributed by atoms with van der Waals surface area (Å²) >= 11 is 0. The van der Waals surface area contributed by atoms with Gasteiger partial charge in [-0.1, -0.05) is 30.3 Å². The number of nitrogens with zero attached hydrogens (tertiary/aromatic N) is 3. The van der Waals surface area contributed by atoms with Crippen LogP contribution in [0.4, 0.5) is 4.79 Å². The second kappa shape index (κ2) is 6.08. The Morgan fingerprint density at radius 3 is 2.55 bits per heavy atom. The van der Waals surface area contributed by atoms with Gasteiger partial charge in [0.15, 0.2) is 0 Å². The van der Waals surface area contributed by atoms with Crippen LogP contribution in [-0.2, 0) is 4.79 Å². The molecule has 2 atom stereocenters. The maximum atomic E-state index is 12.6. The first-order valence-electron chi connectivity index (χ1n) is 7.93. The summed E-state index contributed by atoms with van der Waals surface area (Å²) in [5, 5.41) is 0. The highest BCUT2D eigenvalue weighted by Gasteiger charge is 2.46. The Bertz CT molecular complexity index is 534. The molecular formula is C17H23N3O2. The minimum atomic E-state index is -0.222. The number of fused-ring (bicyclic) bond motifs is 1. The molecule has 2 saturated heterocycles. The van der Waals surface area contributed by atoms with Gasteiger partial charge in [-0.15, -0.1) is 0 Å². The molecule has 0 aromatic heterocycles. The summed E-state index contributed by atoms with van der Waals surface area (Å²) in [7, 11) is 3.96. The summed E-state index contributed by atoms with van der Waals surface area (Å²) < 4.78 is 0. The van der Waals surface area contributed by atoms with Gasteiger partial charge < -0.3 is 9.80 Å². The van der Waals surface area contributed by atoms with Crippen LogP contribution in [0.5, 0.6) is 0 Å². The minimum absolute atomic E-state index is 0.0209. The van der Waals surface area contributed by atoms with E-state index in [0.717, 1.165) is 24.8 Å². The molecule has 1 aromatic rings. The summed E-state index contributed by atoms with van der Waals surface area (Å²) in [6.45, 7) is 1.13. The topological polar surface area (TPSA) is 43.9 Å². The van der Waals surface area contributed by atoms with Gasteiger partial charge in [0, 0.05) is 6.54 Å². The first-order valence-corrected chi connectivity index (χ1v) is 7.93. The van der Waals surface area contributed by atoms with Crippen LogP contribution >= 0.6 is 0 Å². The Morgan fingerprint density at radius 1 is 1.18 bits per heavy atom. The minimum Gasteiger partial charge on any atom is -0.312 e. The van der Waals surface area contributed by atoms with Gasteiger partial charge in [0.1, 0.15) is 6.04 Å². The van der Waals surface area contributed by atoms with E-state index >= 15 is 0 Å². The largest absolute Gasteiger partial charge is 0.327 e. The number of hydrogen-bond acceptors (Lipinski definition) is 3. The summed E-state index contributed by atoms with van der Waals surface area (Å²) in [6.07, 6.45) is 2.84. The van der Waals surface area contributed by atoms with E-state index in [-0.39, 0.29) is 24.0 Å². The Labute approximate surface area is 131 Å². The van der Waals surface area contributed by atoms with E-state index in [2.05, 4.69) is 4.90 Å². The quantitative estimate of drug-likeness (QED) is 0.800. The molecule has 0 saturated carbocycles. The van der Waals surface area contributed by atoms with Crippen molar-refractivity contribution in [1.82, 2.24) is 14.7 Å². The molecule has 3 rings (SSSR count). The molecule has 2 fully saturated rings. The van der Waals surface area contributed by atoms with Gasteiger partial charge in [-0.3, -0.25) is 9.69 Å². The number of carbonyl (C=O) groups is 2. The molecule has 3 amide bonds. The van der Waals surface area contributed by atoms with Crippen molar-refractivity contribution in [2.24, 2.45) is 0 Å². The van der Waals surface area contributed by atoms with E-state index in [0.29, 0.717) is 13.1 Å². The van der Waals surface area contributed by atoms with Gasteiger partial charge in [-0.25, -0.2) is 4.79 Å². The highest BCUT2D eigenvalue weighted by atomic mass is 16.2. The molecule has 0 spiro atoms. The summed E-state index contributed by atoms with van der Waals surface area (Å²) in [4.78, 5) is 30.4. The lowest BCUT2D eigenvalue weighted by molar-refractivity contribution is -0.129. The average Bonchev–Trinajstić information content (AvgIpc) is 2.78. The summed E-state index contributed by atoms with van der Waals surface area (Å²) in [5.74, 6) is -0.0209. The zero-order valence-corrected chi connectivity index (χ0v) is 13.2. The third-order valence-electron chi connectivity index (χ3n) is 4.69. The van der Waals surface area contributed by atoms with Crippen molar-refractivity contribution in [3.63, 3.8) is 0 Å². The van der Waals surface area contributed by atoms with Gasteiger partial charge in [0.25, 0.3) is 5.91 Å². The van der Waals surface area contributed by atoms with E-state index < -0.39 is 0 Å². The van der Waals surface area contributed by atoms with Crippen LogP contribution in [0.15, 0.2) is 30.3 Å². The molecule has 22 heavy (non-hydrogen) atoms. The van der Waals surface area contributed by atoms with E-state index in [9.17, 15) is 9.59 Å². The molecule has 2 aliphatic rings. The number of piperidine rings is 1. The van der Waals surface area contributed by atoms with Crippen molar-refractivity contribution < 1.29 is 9.59 Å². The predicted molar refractivity (Wildman–Crippen MR) is 84.3 cm³/mol. The third kappa shape index (κ3) is 2.61. The standard InChI is InChI=1S/C17H23N3O2/c1-18(2)15(13-8-4-3-5-9-13)12-20-16(21)14-10-6-7-11-19(14)17(20)22/h3-5,8-9,14-15H,6-7,10-12H2,1-2H3/t14-,15-/m0/s1. The van der Waals surface area contributed by atoms with Crippen molar-refractivity contribution in [1.29, 1.82) is 0 Å². The lowest BCUT2D eigenvalue weighted by atomic mass is 10.0. The molecule has 5 nitrogen and oxygen atoms in total. The first kappa shape index (κ1) is 15.0. The number of benzene rings is 1. The Kier molecular flexibility index (Phi) is 4.16. The van der Waals surface area contributed by atoms with Crippen molar-refractivity contribution in [2.45, 2.75) is 31.3 Å². The van der Waals surface area contributed by atoms with Crippen LogP contribution in [0.2, 0.25) is 0 Å². The maximum absolute atomic E-state index is 12.6. The molecule has 0 radical (unpaired) electrons. The van der Waals surface area contributed by atoms with Gasteiger partial charge in [0.05, 0.1) is 12.6 Å². The molecule has 0 bridgehead atoms. The van der Waals surface area contributed by atoms with E-state index in [1.807, 2.05) is 44.4 Å². The number of likely N-dealkylation sites (N-methyl/N-ethyl adjacent to an activating group) is 1. The SMILES string of the molecule is CN(C)[C@@H](CN1C(=O)[C@@H]2CCCCN2C1=O)c1ccccc1. The van der Waals surface area contributed by atoms with Crippen LogP contribution in [0.3, 0.4) is 0 Å². The second-order valence-corrected chi connectivity index (χ2v) is 6.33. The second-order valence-electron chi connectivity index (χ2n) is 6.33. The van der Waals surface area contributed by atoms with Crippen LogP contribution in [0.1, 0.15) is 30.9 Å². The summed E-state index contributed by atoms with van der Waals surface area (Å²) in [6, 6.07) is 9.73. The molecule has 2 aliphatic heterocycles. The van der Waals surface area contributed by atoms with E-state index in [1.165, 1.54) is 4.90 Å². The normalized spacial score (nSPS) is 23.1. The molecule has 0 unspecified atom stereocenters. The highest BCUT2D eigenvalue weighted by Crippen LogP contribution is 2.29. The zero-order valence-electron chi connectivity index (χ0n) is 13.2. The number of amides is 3. The Morgan fingerprint density at radius 2 is 1.91 bits per heavy atom. The number of hydrogen-bond donors (Lipinski definition) is 0. The van der Waals surface area contributed by atoms with Crippen LogP contribution < -0.4 is 0 Å². The number of imide groups is 1. The van der Waals surface area contributed by atoms with Gasteiger partial charge in [0.2, 0.25) is 0 Å². The van der Waals surface area contributed by atoms with Crippen LogP contribution in [0, 0.1) is 0 Å². The molecule has 5 heteroatoms. The number of urea groups is 1. The smallest absolute Gasteiger partial charge is 0.312 e. The highest BCUT2D eigenvalue weighted by molar-refractivity contribution is 6.04. The fourth-order valence-electron chi connectivity index (χ4n) is 3.43. The molecule has 2 heterocycles. The fraction of sp³-hybridized carbons (Fsp3) is 0.529. The molecule has 118 valence electrons. The third-order valence-corrected chi connectivity index (χ3v) is 4.69. The first-order chi connectivity index (χ1) is 10.6. The van der Waals surface area contributed by atoms with Crippen LogP contribution in [-0.4, -0.2) is 59.9 Å². The summed E-state index contributed by atoms with van der Waals surface area (Å²) in [5.41, 5.74) is 1.12. The monoisotopic (exact) mass is 301 g/mol. The molecular weight excluding hydrogens is 278 g/mol. The van der Waals surface area contributed by atoms with Gasteiger partial charge >= 0.3 is 6.03 Å². The number of carbonyl (C=O) groups excluding carboxylic acids is 2. The molecule has 0 aliphatic carbocycles. The molecule has 1 aromatic carbocycles. The van der Waals surface area contributed by atoms with Crippen molar-refractivity contribution >= 4 is 11.9 Å². The Hall–Kier alpha value is -1.88. The number of rotatable bonds is 4. The maximum Gasteiger partial charge on any atom is 0.327 e. The predicted octanol–water partition coefficient (Wildman–Crippen LogP) is 2.11. The van der Waals surface area contributed by atoms with Crippen molar-refractivity contribution in [3.05, 3.63) is 35.9 Å². The average molecular weight is 301 g/mol. The van der Waals surface area contributed by atoms with E-state index in [1.54, 1.807) is 4.90 Å². The van der Waals surface area contributed by atoms with E-state index in [4.69, 9.17) is 0 Å². The van der Waals surface area contributed by atoms with Crippen molar-refractivity contribution in [2.75, 3.05) is 27.2 Å². The molecule has 0 N–H and O–H groups in total.